The van der Waals surface area contributed by atoms with Crippen LogP contribution in [0.2, 0.25) is 10.0 Å². The second-order valence-corrected chi connectivity index (χ2v) is 5.31. The van der Waals surface area contributed by atoms with E-state index in [0.29, 0.717) is 18.1 Å². The summed E-state index contributed by atoms with van der Waals surface area (Å²) in [4.78, 5) is 2.06. The zero-order valence-electron chi connectivity index (χ0n) is 10.7. The minimum atomic E-state index is 0.615. The molecule has 1 aliphatic heterocycles. The molecule has 0 aliphatic carbocycles. The Labute approximate surface area is 127 Å². The largest absolute Gasteiger partial charge is 0.307 e. The van der Waals surface area contributed by atoms with Crippen molar-refractivity contribution in [1.29, 1.82) is 0 Å². The van der Waals surface area contributed by atoms with Crippen molar-refractivity contribution < 1.29 is 0 Å². The Morgan fingerprint density at radius 3 is 2.45 bits per heavy atom. The lowest BCUT2D eigenvalue weighted by Gasteiger charge is -2.20. The van der Waals surface area contributed by atoms with E-state index in [4.69, 9.17) is 23.2 Å². The molecule has 0 saturated carbocycles. The van der Waals surface area contributed by atoms with Crippen molar-refractivity contribution in [3.05, 3.63) is 64.1 Å². The van der Waals surface area contributed by atoms with Crippen LogP contribution >= 0.6 is 23.2 Å². The Kier molecular flexibility index (Phi) is 3.81. The highest BCUT2D eigenvalue weighted by Gasteiger charge is 2.21. The molecule has 0 saturated heterocycles. The normalized spacial score (nSPS) is 14.1. The van der Waals surface area contributed by atoms with Gasteiger partial charge in [0.05, 0.1) is 10.7 Å². The van der Waals surface area contributed by atoms with Gasteiger partial charge in [0.2, 0.25) is 0 Å². The molecule has 2 aromatic rings. The second-order valence-electron chi connectivity index (χ2n) is 4.49. The third-order valence-corrected chi connectivity index (χ3v) is 3.89. The lowest BCUT2D eigenvalue weighted by molar-refractivity contribution is 0.808. The molecule has 1 N–H and O–H groups in total. The van der Waals surface area contributed by atoms with Gasteiger partial charge in [-0.25, -0.2) is 0 Å². The molecule has 5 heteroatoms. The van der Waals surface area contributed by atoms with E-state index in [9.17, 15) is 0 Å². The number of benzene rings is 2. The molecule has 0 spiro atoms. The fourth-order valence-electron chi connectivity index (χ4n) is 2.19. The van der Waals surface area contributed by atoms with E-state index in [2.05, 4.69) is 15.4 Å². The summed E-state index contributed by atoms with van der Waals surface area (Å²) in [5, 5.41) is 5.81. The van der Waals surface area contributed by atoms with Crippen molar-refractivity contribution in [2.45, 2.75) is 6.42 Å². The quantitative estimate of drug-likeness (QED) is 0.931. The second kappa shape index (κ2) is 5.73. The predicted octanol–water partition coefficient (Wildman–Crippen LogP) is 3.92. The summed E-state index contributed by atoms with van der Waals surface area (Å²) in [5.74, 6) is 0.909. The van der Waals surface area contributed by atoms with E-state index < -0.39 is 0 Å². The molecule has 102 valence electrons. The Morgan fingerprint density at radius 2 is 1.70 bits per heavy atom. The van der Waals surface area contributed by atoms with Crippen LogP contribution in [0, 0.1) is 0 Å². The molecule has 20 heavy (non-hydrogen) atoms. The minimum Gasteiger partial charge on any atom is -0.307 e. The predicted molar refractivity (Wildman–Crippen MR) is 84.5 cm³/mol. The third-order valence-electron chi connectivity index (χ3n) is 3.20. The number of halogens is 2. The number of anilines is 1. The summed E-state index contributed by atoms with van der Waals surface area (Å²) in [6.45, 7) is 0.615. The molecule has 3 nitrogen and oxygen atoms in total. The van der Waals surface area contributed by atoms with Crippen LogP contribution in [0.1, 0.15) is 5.56 Å². The summed E-state index contributed by atoms with van der Waals surface area (Å²) in [5.41, 5.74) is 5.00. The zero-order chi connectivity index (χ0) is 13.9. The lowest BCUT2D eigenvalue weighted by atomic mass is 10.1. The summed E-state index contributed by atoms with van der Waals surface area (Å²) in [7, 11) is 0. The highest BCUT2D eigenvalue weighted by atomic mass is 35.5. The van der Waals surface area contributed by atoms with Crippen LogP contribution in [0.3, 0.4) is 0 Å². The molecule has 0 amide bonds. The van der Waals surface area contributed by atoms with Gasteiger partial charge in [0, 0.05) is 11.4 Å². The van der Waals surface area contributed by atoms with Gasteiger partial charge in [-0.2, -0.15) is 5.10 Å². The van der Waals surface area contributed by atoms with Gasteiger partial charge < -0.3 is 4.90 Å². The number of hydrogen-bond donors (Lipinski definition) is 1. The lowest BCUT2D eigenvalue weighted by Crippen LogP contribution is -2.30. The van der Waals surface area contributed by atoms with Crippen LogP contribution < -0.4 is 10.3 Å². The van der Waals surface area contributed by atoms with Crippen molar-refractivity contribution >= 4 is 34.7 Å². The summed E-state index contributed by atoms with van der Waals surface area (Å²) >= 11 is 12.5. The molecule has 0 radical (unpaired) electrons. The first-order valence-electron chi connectivity index (χ1n) is 6.30. The maximum absolute atomic E-state index is 6.25. The van der Waals surface area contributed by atoms with Crippen LogP contribution in [-0.2, 0) is 6.42 Å². The topological polar surface area (TPSA) is 27.6 Å². The molecule has 3 rings (SSSR count). The summed E-state index contributed by atoms with van der Waals surface area (Å²) < 4.78 is 0. The fourth-order valence-corrected chi connectivity index (χ4v) is 2.63. The number of nitrogens with zero attached hydrogens (tertiary/aromatic N) is 2. The summed E-state index contributed by atoms with van der Waals surface area (Å²) in [6, 6.07) is 15.5. The number of para-hydroxylation sites is 1. The highest BCUT2D eigenvalue weighted by molar-refractivity contribution is 6.34. The Bertz CT molecular complexity index is 655. The number of nitrogens with one attached hydrogen (secondary N) is 1. The van der Waals surface area contributed by atoms with Gasteiger partial charge in [0.25, 0.3) is 0 Å². The standard InChI is InChI=1S/C15H13Cl2N3/c16-12-6-2-1-5-11(12)9-15-19-18-10-20(15)14-8-4-3-7-13(14)17/h1-8,18H,9-10H2. The molecule has 0 unspecified atom stereocenters. The number of hydrogen-bond acceptors (Lipinski definition) is 3. The Balaban J connectivity index is 1.87. The van der Waals surface area contributed by atoms with Crippen LogP contribution in [0.4, 0.5) is 5.69 Å². The summed E-state index contributed by atoms with van der Waals surface area (Å²) in [6.07, 6.45) is 0.665. The smallest absolute Gasteiger partial charge is 0.135 e. The number of hydrazone groups is 1. The van der Waals surface area contributed by atoms with Gasteiger partial charge >= 0.3 is 0 Å². The molecule has 1 aliphatic rings. The van der Waals surface area contributed by atoms with Gasteiger partial charge in [0.1, 0.15) is 12.5 Å². The molecule has 0 atom stereocenters. The van der Waals surface area contributed by atoms with E-state index in [0.717, 1.165) is 22.1 Å². The fraction of sp³-hybridized carbons (Fsp3) is 0.133. The maximum Gasteiger partial charge on any atom is 0.135 e. The first-order valence-corrected chi connectivity index (χ1v) is 7.06. The van der Waals surface area contributed by atoms with E-state index in [1.165, 1.54) is 0 Å². The molecule has 0 aromatic heterocycles. The van der Waals surface area contributed by atoms with E-state index in [1.807, 2.05) is 48.5 Å². The SMILES string of the molecule is Clc1ccccc1CC1=NNCN1c1ccccc1Cl. The van der Waals surface area contributed by atoms with Crippen LogP contribution in [0.5, 0.6) is 0 Å². The minimum absolute atomic E-state index is 0.615. The van der Waals surface area contributed by atoms with Gasteiger partial charge in [-0.1, -0.05) is 53.5 Å². The van der Waals surface area contributed by atoms with Crippen molar-refractivity contribution in [2.24, 2.45) is 5.10 Å². The number of amidine groups is 1. The maximum atomic E-state index is 6.25. The van der Waals surface area contributed by atoms with Gasteiger partial charge in [-0.15, -0.1) is 0 Å². The van der Waals surface area contributed by atoms with E-state index >= 15 is 0 Å². The van der Waals surface area contributed by atoms with Crippen molar-refractivity contribution in [3.8, 4) is 0 Å². The molecule has 2 aromatic carbocycles. The number of rotatable bonds is 3. The van der Waals surface area contributed by atoms with Crippen molar-refractivity contribution in [3.63, 3.8) is 0 Å². The van der Waals surface area contributed by atoms with E-state index in [-0.39, 0.29) is 0 Å². The third kappa shape index (κ3) is 2.60. The van der Waals surface area contributed by atoms with Crippen LogP contribution in [0.25, 0.3) is 0 Å². The monoisotopic (exact) mass is 305 g/mol. The van der Waals surface area contributed by atoms with Crippen molar-refractivity contribution in [1.82, 2.24) is 5.43 Å². The van der Waals surface area contributed by atoms with Gasteiger partial charge in [-0.05, 0) is 23.8 Å². The van der Waals surface area contributed by atoms with E-state index in [1.54, 1.807) is 0 Å². The first-order chi connectivity index (χ1) is 9.75. The molecule has 1 heterocycles. The Morgan fingerprint density at radius 1 is 1.00 bits per heavy atom. The van der Waals surface area contributed by atoms with Gasteiger partial charge in [0.15, 0.2) is 0 Å². The Hall–Kier alpha value is -1.71. The molecule has 0 bridgehead atoms. The highest BCUT2D eigenvalue weighted by Crippen LogP contribution is 2.27. The first kappa shape index (κ1) is 13.3. The molecular formula is C15H13Cl2N3. The molecule has 0 fully saturated rings. The van der Waals surface area contributed by atoms with Crippen LogP contribution in [-0.4, -0.2) is 12.5 Å². The van der Waals surface area contributed by atoms with Gasteiger partial charge in [-0.3, -0.25) is 5.43 Å². The molecular weight excluding hydrogens is 293 g/mol. The average Bonchev–Trinajstić information content (AvgIpc) is 2.90. The van der Waals surface area contributed by atoms with Crippen LogP contribution in [0.15, 0.2) is 53.6 Å². The average molecular weight is 306 g/mol. The van der Waals surface area contributed by atoms with Crippen molar-refractivity contribution in [2.75, 3.05) is 11.6 Å². The zero-order valence-corrected chi connectivity index (χ0v) is 12.2.